The molecular formula is C14H11NO2S. The van der Waals surface area contributed by atoms with Crippen LogP contribution in [0.5, 0.6) is 0 Å². The van der Waals surface area contributed by atoms with Gasteiger partial charge in [-0.05, 0) is 23.8 Å². The van der Waals surface area contributed by atoms with Gasteiger partial charge in [-0.15, -0.1) is 0 Å². The van der Waals surface area contributed by atoms with Gasteiger partial charge in [0.2, 0.25) is 5.78 Å². The van der Waals surface area contributed by atoms with Crippen molar-refractivity contribution in [3.63, 3.8) is 0 Å². The predicted octanol–water partition coefficient (Wildman–Crippen LogP) is 3.02. The van der Waals surface area contributed by atoms with Gasteiger partial charge in [-0.1, -0.05) is 30.4 Å². The molecule has 0 bridgehead atoms. The summed E-state index contributed by atoms with van der Waals surface area (Å²) in [6, 6.07) is 11.2. The summed E-state index contributed by atoms with van der Waals surface area (Å²) in [5.41, 5.74) is 1.94. The number of hydrogen-bond acceptors (Lipinski definition) is 3. The molecule has 90 valence electrons. The smallest absolute Gasteiger partial charge is 0.212 e. The molecule has 4 heteroatoms. The van der Waals surface area contributed by atoms with Gasteiger partial charge < -0.3 is 9.32 Å². The molecule has 1 unspecified atom stereocenters. The van der Waals surface area contributed by atoms with Gasteiger partial charge in [0.1, 0.15) is 5.92 Å². The Morgan fingerprint density at radius 2 is 2.06 bits per heavy atom. The molecular weight excluding hydrogens is 246 g/mol. The summed E-state index contributed by atoms with van der Waals surface area (Å²) in [5.74, 6) is -0.137. The second kappa shape index (κ2) is 4.07. The quantitative estimate of drug-likeness (QED) is 0.611. The Balaban J connectivity index is 2.08. The topological polar surface area (TPSA) is 33.5 Å². The minimum Gasteiger partial charge on any atom is -0.461 e. The van der Waals surface area contributed by atoms with Gasteiger partial charge in [-0.25, -0.2) is 0 Å². The standard InChI is InChI=1S/C14H11NO2S/c1-15-10-6-3-2-5-9(10)12(14(15)18)13(16)11-7-4-8-17-11/h2-8,12H,1H3. The highest BCUT2D eigenvalue weighted by molar-refractivity contribution is 7.80. The Labute approximate surface area is 110 Å². The number of fused-ring (bicyclic) bond motifs is 1. The molecule has 2 heterocycles. The maximum Gasteiger partial charge on any atom is 0.212 e. The number of rotatable bonds is 2. The number of benzene rings is 1. The highest BCUT2D eigenvalue weighted by Crippen LogP contribution is 2.38. The molecule has 0 amide bonds. The lowest BCUT2D eigenvalue weighted by atomic mass is 9.95. The molecule has 3 nitrogen and oxygen atoms in total. The third kappa shape index (κ3) is 1.49. The highest BCUT2D eigenvalue weighted by Gasteiger charge is 2.38. The van der Waals surface area contributed by atoms with Crippen molar-refractivity contribution in [3.8, 4) is 0 Å². The van der Waals surface area contributed by atoms with Crippen LogP contribution in [-0.4, -0.2) is 17.8 Å². The number of likely N-dealkylation sites (N-methyl/N-ethyl adjacent to an activating group) is 1. The molecule has 3 rings (SSSR count). The van der Waals surface area contributed by atoms with E-state index in [2.05, 4.69) is 0 Å². The number of para-hydroxylation sites is 1. The molecule has 18 heavy (non-hydrogen) atoms. The van der Waals surface area contributed by atoms with Crippen molar-refractivity contribution in [2.75, 3.05) is 11.9 Å². The zero-order chi connectivity index (χ0) is 12.7. The van der Waals surface area contributed by atoms with E-state index < -0.39 is 5.92 Å². The average Bonchev–Trinajstić information content (AvgIpc) is 2.99. The Hall–Kier alpha value is -1.94. The first-order valence-corrected chi connectivity index (χ1v) is 6.05. The van der Waals surface area contributed by atoms with Crippen LogP contribution in [0.25, 0.3) is 0 Å². The second-order valence-corrected chi connectivity index (χ2v) is 4.65. The van der Waals surface area contributed by atoms with Crippen LogP contribution in [0.2, 0.25) is 0 Å². The number of nitrogens with zero attached hydrogens (tertiary/aromatic N) is 1. The van der Waals surface area contributed by atoms with Crippen LogP contribution in [0.15, 0.2) is 47.1 Å². The first kappa shape index (κ1) is 11.2. The molecule has 1 aromatic carbocycles. The maximum absolute atomic E-state index is 12.4. The third-order valence-electron chi connectivity index (χ3n) is 3.21. The summed E-state index contributed by atoms with van der Waals surface area (Å²) < 4.78 is 5.18. The van der Waals surface area contributed by atoms with Gasteiger partial charge in [0.05, 0.1) is 11.3 Å². The fourth-order valence-electron chi connectivity index (χ4n) is 2.30. The number of Topliss-reactive ketones (excluding diaryl/α,β-unsaturated/α-hetero) is 1. The summed E-state index contributed by atoms with van der Waals surface area (Å²) in [5, 5.41) is 0. The summed E-state index contributed by atoms with van der Waals surface area (Å²) in [7, 11) is 1.89. The summed E-state index contributed by atoms with van der Waals surface area (Å²) in [6.45, 7) is 0. The maximum atomic E-state index is 12.4. The van der Waals surface area contributed by atoms with Gasteiger partial charge in [0, 0.05) is 12.7 Å². The number of hydrogen-bond donors (Lipinski definition) is 0. The number of furan rings is 1. The van der Waals surface area contributed by atoms with Crippen molar-refractivity contribution in [1.29, 1.82) is 0 Å². The van der Waals surface area contributed by atoms with Crippen molar-refractivity contribution >= 4 is 28.7 Å². The normalized spacial score (nSPS) is 17.9. The highest BCUT2D eigenvalue weighted by atomic mass is 32.1. The van der Waals surface area contributed by atoms with Crippen LogP contribution in [0.3, 0.4) is 0 Å². The van der Waals surface area contributed by atoms with Gasteiger partial charge in [-0.3, -0.25) is 4.79 Å². The summed E-state index contributed by atoms with van der Waals surface area (Å²) in [4.78, 5) is 14.9. The molecule has 1 aliphatic heterocycles. The molecule has 0 aliphatic carbocycles. The van der Waals surface area contributed by atoms with E-state index in [1.807, 2.05) is 36.2 Å². The zero-order valence-corrected chi connectivity index (χ0v) is 10.6. The van der Waals surface area contributed by atoms with Crippen molar-refractivity contribution in [3.05, 3.63) is 54.0 Å². The Kier molecular flexibility index (Phi) is 2.52. The molecule has 0 fully saturated rings. The number of ketones is 1. The van der Waals surface area contributed by atoms with E-state index in [1.165, 1.54) is 6.26 Å². The Morgan fingerprint density at radius 3 is 2.78 bits per heavy atom. The Morgan fingerprint density at radius 1 is 1.28 bits per heavy atom. The zero-order valence-electron chi connectivity index (χ0n) is 9.79. The van der Waals surface area contributed by atoms with E-state index in [-0.39, 0.29) is 5.78 Å². The number of carbonyl (C=O) groups excluding carboxylic acids is 1. The average molecular weight is 257 g/mol. The van der Waals surface area contributed by atoms with E-state index in [1.54, 1.807) is 12.1 Å². The predicted molar refractivity (Wildman–Crippen MR) is 73.2 cm³/mol. The van der Waals surface area contributed by atoms with Crippen LogP contribution in [0.1, 0.15) is 22.0 Å². The molecule has 0 radical (unpaired) electrons. The second-order valence-electron chi connectivity index (χ2n) is 4.23. The molecule has 0 saturated carbocycles. The SMILES string of the molecule is CN1C(=S)C(C(=O)c2ccco2)c2ccccc21. The summed E-state index contributed by atoms with van der Waals surface area (Å²) in [6.07, 6.45) is 1.50. The van der Waals surface area contributed by atoms with Gasteiger partial charge in [-0.2, -0.15) is 0 Å². The number of thiocarbonyl (C=S) groups is 1. The fourth-order valence-corrected chi connectivity index (χ4v) is 2.63. The van der Waals surface area contributed by atoms with Crippen LogP contribution in [-0.2, 0) is 0 Å². The van der Waals surface area contributed by atoms with E-state index in [0.29, 0.717) is 10.7 Å². The lowest BCUT2D eigenvalue weighted by Gasteiger charge is -2.13. The van der Waals surface area contributed by atoms with E-state index in [9.17, 15) is 4.79 Å². The van der Waals surface area contributed by atoms with Crippen LogP contribution >= 0.6 is 12.2 Å². The largest absolute Gasteiger partial charge is 0.461 e. The van der Waals surface area contributed by atoms with Crippen molar-refractivity contribution in [2.24, 2.45) is 0 Å². The lowest BCUT2D eigenvalue weighted by molar-refractivity contribution is 0.0957. The third-order valence-corrected chi connectivity index (χ3v) is 3.72. The lowest BCUT2D eigenvalue weighted by Crippen LogP contribution is -2.26. The molecule has 1 atom stereocenters. The Bertz CT molecular complexity index is 618. The molecule has 0 N–H and O–H groups in total. The van der Waals surface area contributed by atoms with Crippen molar-refractivity contribution < 1.29 is 9.21 Å². The fraction of sp³-hybridized carbons (Fsp3) is 0.143. The van der Waals surface area contributed by atoms with E-state index >= 15 is 0 Å². The van der Waals surface area contributed by atoms with Gasteiger partial charge in [0.25, 0.3) is 0 Å². The number of carbonyl (C=O) groups is 1. The molecule has 1 aliphatic rings. The monoisotopic (exact) mass is 257 g/mol. The van der Waals surface area contributed by atoms with Crippen LogP contribution in [0, 0.1) is 0 Å². The molecule has 0 spiro atoms. The summed E-state index contributed by atoms with van der Waals surface area (Å²) >= 11 is 5.38. The minimum absolute atomic E-state index is 0.0817. The van der Waals surface area contributed by atoms with Crippen molar-refractivity contribution in [1.82, 2.24) is 0 Å². The minimum atomic E-state index is -0.410. The van der Waals surface area contributed by atoms with Crippen molar-refractivity contribution in [2.45, 2.75) is 5.92 Å². The van der Waals surface area contributed by atoms with Crippen LogP contribution < -0.4 is 4.90 Å². The van der Waals surface area contributed by atoms with Gasteiger partial charge in [0.15, 0.2) is 5.76 Å². The molecule has 2 aromatic rings. The van der Waals surface area contributed by atoms with Gasteiger partial charge >= 0.3 is 0 Å². The first-order valence-electron chi connectivity index (χ1n) is 5.64. The van der Waals surface area contributed by atoms with E-state index in [4.69, 9.17) is 16.6 Å². The molecule has 1 aromatic heterocycles. The first-order chi connectivity index (χ1) is 8.70. The molecule has 0 saturated heterocycles. The number of anilines is 1. The van der Waals surface area contributed by atoms with E-state index in [0.717, 1.165) is 11.3 Å². The van der Waals surface area contributed by atoms with Crippen LogP contribution in [0.4, 0.5) is 5.69 Å².